The third-order valence-corrected chi connectivity index (χ3v) is 3.56. The summed E-state index contributed by atoms with van der Waals surface area (Å²) in [6, 6.07) is 7.53. The molecule has 0 fully saturated rings. The standard InChI is InChI=1S/C16H14ClFO2/c1-9-6-13(14(17)7-10(9)2)16(19)12-5-4-11(20-3)8-15(12)18/h4-8H,1-3H3. The van der Waals surface area contributed by atoms with Crippen molar-refractivity contribution in [2.45, 2.75) is 13.8 Å². The number of hydrogen-bond donors (Lipinski definition) is 0. The summed E-state index contributed by atoms with van der Waals surface area (Å²) in [6.07, 6.45) is 0. The van der Waals surface area contributed by atoms with E-state index >= 15 is 0 Å². The highest BCUT2D eigenvalue weighted by molar-refractivity contribution is 6.35. The number of methoxy groups -OCH3 is 1. The van der Waals surface area contributed by atoms with Crippen LogP contribution in [-0.2, 0) is 0 Å². The summed E-state index contributed by atoms with van der Waals surface area (Å²) in [5.41, 5.74) is 2.21. The van der Waals surface area contributed by atoms with E-state index in [9.17, 15) is 9.18 Å². The molecule has 0 heterocycles. The van der Waals surface area contributed by atoms with Crippen molar-refractivity contribution in [1.82, 2.24) is 0 Å². The minimum atomic E-state index is -0.622. The molecule has 0 amide bonds. The van der Waals surface area contributed by atoms with Crippen LogP contribution in [0.15, 0.2) is 30.3 Å². The first kappa shape index (κ1) is 14.5. The lowest BCUT2D eigenvalue weighted by atomic mass is 9.98. The third kappa shape index (κ3) is 2.68. The van der Waals surface area contributed by atoms with E-state index in [1.54, 1.807) is 18.2 Å². The van der Waals surface area contributed by atoms with E-state index in [4.69, 9.17) is 16.3 Å². The minimum Gasteiger partial charge on any atom is -0.497 e. The zero-order valence-electron chi connectivity index (χ0n) is 11.5. The van der Waals surface area contributed by atoms with E-state index in [1.165, 1.54) is 19.2 Å². The summed E-state index contributed by atoms with van der Waals surface area (Å²) in [4.78, 5) is 12.4. The maximum Gasteiger partial charge on any atom is 0.197 e. The number of ether oxygens (including phenoxy) is 1. The van der Waals surface area contributed by atoms with Crippen molar-refractivity contribution in [3.63, 3.8) is 0 Å². The van der Waals surface area contributed by atoms with Crippen LogP contribution in [0.4, 0.5) is 4.39 Å². The third-order valence-electron chi connectivity index (χ3n) is 3.25. The van der Waals surface area contributed by atoms with Gasteiger partial charge in [-0.15, -0.1) is 0 Å². The van der Waals surface area contributed by atoms with Gasteiger partial charge < -0.3 is 4.74 Å². The number of ketones is 1. The van der Waals surface area contributed by atoms with Gasteiger partial charge >= 0.3 is 0 Å². The lowest BCUT2D eigenvalue weighted by Gasteiger charge is -2.09. The van der Waals surface area contributed by atoms with Crippen LogP contribution >= 0.6 is 11.6 Å². The van der Waals surface area contributed by atoms with Crippen molar-refractivity contribution in [2.24, 2.45) is 0 Å². The van der Waals surface area contributed by atoms with Gasteiger partial charge in [0.15, 0.2) is 5.78 Å². The maximum absolute atomic E-state index is 13.9. The molecule has 4 heteroatoms. The summed E-state index contributed by atoms with van der Waals surface area (Å²) in [6.45, 7) is 3.79. The van der Waals surface area contributed by atoms with Crippen LogP contribution in [0, 0.1) is 19.7 Å². The summed E-state index contributed by atoms with van der Waals surface area (Å²) >= 11 is 6.09. The van der Waals surface area contributed by atoms with E-state index in [0.717, 1.165) is 11.1 Å². The molecule has 0 atom stereocenters. The van der Waals surface area contributed by atoms with Gasteiger partial charge in [0.05, 0.1) is 17.7 Å². The molecule has 0 aliphatic heterocycles. The highest BCUT2D eigenvalue weighted by Gasteiger charge is 2.18. The number of benzene rings is 2. The summed E-state index contributed by atoms with van der Waals surface area (Å²) in [5.74, 6) is -0.688. The van der Waals surface area contributed by atoms with Crippen molar-refractivity contribution < 1.29 is 13.9 Å². The Labute approximate surface area is 122 Å². The fraction of sp³-hybridized carbons (Fsp3) is 0.188. The van der Waals surface area contributed by atoms with E-state index in [0.29, 0.717) is 16.3 Å². The molecule has 0 aliphatic rings. The van der Waals surface area contributed by atoms with Crippen LogP contribution in [-0.4, -0.2) is 12.9 Å². The van der Waals surface area contributed by atoms with Crippen LogP contribution in [0.2, 0.25) is 5.02 Å². The Bertz CT molecular complexity index is 680. The van der Waals surface area contributed by atoms with Gasteiger partial charge in [0.2, 0.25) is 0 Å². The van der Waals surface area contributed by atoms with E-state index < -0.39 is 11.6 Å². The van der Waals surface area contributed by atoms with Crippen molar-refractivity contribution in [3.8, 4) is 5.75 Å². The Morgan fingerprint density at radius 2 is 1.75 bits per heavy atom. The van der Waals surface area contributed by atoms with Gasteiger partial charge in [0, 0.05) is 11.6 Å². The predicted molar refractivity (Wildman–Crippen MR) is 77.3 cm³/mol. The topological polar surface area (TPSA) is 26.3 Å². The van der Waals surface area contributed by atoms with E-state index in [2.05, 4.69) is 0 Å². The largest absolute Gasteiger partial charge is 0.497 e. The number of halogens is 2. The molecule has 0 saturated carbocycles. The molecule has 2 rings (SSSR count). The van der Waals surface area contributed by atoms with Gasteiger partial charge in [-0.3, -0.25) is 4.79 Å². The summed E-state index contributed by atoms with van der Waals surface area (Å²) < 4.78 is 18.9. The van der Waals surface area contributed by atoms with Gasteiger partial charge in [0.1, 0.15) is 11.6 Å². The fourth-order valence-electron chi connectivity index (χ4n) is 1.91. The number of rotatable bonds is 3. The highest BCUT2D eigenvalue weighted by atomic mass is 35.5. The Morgan fingerprint density at radius 3 is 2.35 bits per heavy atom. The molecule has 20 heavy (non-hydrogen) atoms. The van der Waals surface area contributed by atoms with E-state index in [-0.39, 0.29) is 5.56 Å². The van der Waals surface area contributed by atoms with Gasteiger partial charge in [-0.2, -0.15) is 0 Å². The Hall–Kier alpha value is -1.87. The van der Waals surface area contributed by atoms with Crippen molar-refractivity contribution in [3.05, 3.63) is 63.4 Å². The smallest absolute Gasteiger partial charge is 0.197 e. The molecule has 0 spiro atoms. The van der Waals surface area contributed by atoms with Crippen molar-refractivity contribution in [1.29, 1.82) is 0 Å². The van der Waals surface area contributed by atoms with Gasteiger partial charge in [-0.05, 0) is 49.2 Å². The molecule has 2 aromatic rings. The molecule has 0 bridgehead atoms. The molecule has 0 saturated heterocycles. The average molecular weight is 293 g/mol. The fourth-order valence-corrected chi connectivity index (χ4v) is 2.21. The van der Waals surface area contributed by atoms with Gasteiger partial charge in [-0.1, -0.05) is 11.6 Å². The molecule has 2 aromatic carbocycles. The number of aryl methyl sites for hydroxylation is 2. The minimum absolute atomic E-state index is 0.0176. The normalized spacial score (nSPS) is 10.4. The molecule has 0 aliphatic carbocycles. The predicted octanol–water partition coefficient (Wildman–Crippen LogP) is 4.34. The first-order valence-electron chi connectivity index (χ1n) is 6.09. The lowest BCUT2D eigenvalue weighted by molar-refractivity contribution is 0.103. The molecule has 2 nitrogen and oxygen atoms in total. The van der Waals surface area contributed by atoms with Gasteiger partial charge in [-0.25, -0.2) is 4.39 Å². The zero-order chi connectivity index (χ0) is 14.9. The highest BCUT2D eigenvalue weighted by Crippen LogP contribution is 2.25. The van der Waals surface area contributed by atoms with Crippen LogP contribution in [0.25, 0.3) is 0 Å². The first-order valence-corrected chi connectivity index (χ1v) is 6.47. The Morgan fingerprint density at radius 1 is 1.10 bits per heavy atom. The second-order valence-electron chi connectivity index (χ2n) is 4.59. The van der Waals surface area contributed by atoms with Crippen LogP contribution in [0.3, 0.4) is 0 Å². The molecule has 104 valence electrons. The quantitative estimate of drug-likeness (QED) is 0.787. The Kier molecular flexibility index (Phi) is 4.09. The first-order chi connectivity index (χ1) is 9.43. The number of carbonyl (C=O) groups excluding carboxylic acids is 1. The van der Waals surface area contributed by atoms with Gasteiger partial charge in [0.25, 0.3) is 0 Å². The zero-order valence-corrected chi connectivity index (χ0v) is 12.2. The number of hydrogen-bond acceptors (Lipinski definition) is 2. The second-order valence-corrected chi connectivity index (χ2v) is 5.00. The monoisotopic (exact) mass is 292 g/mol. The van der Waals surface area contributed by atoms with Crippen molar-refractivity contribution in [2.75, 3.05) is 7.11 Å². The van der Waals surface area contributed by atoms with Crippen molar-refractivity contribution >= 4 is 17.4 Å². The Balaban J connectivity index is 2.49. The molecule has 0 N–H and O–H groups in total. The second kappa shape index (κ2) is 5.63. The summed E-state index contributed by atoms with van der Waals surface area (Å²) in [7, 11) is 1.44. The van der Waals surface area contributed by atoms with Crippen LogP contribution < -0.4 is 4.74 Å². The number of carbonyl (C=O) groups is 1. The van der Waals surface area contributed by atoms with Crippen LogP contribution in [0.1, 0.15) is 27.0 Å². The molecular weight excluding hydrogens is 279 g/mol. The summed E-state index contributed by atoms with van der Waals surface area (Å²) in [5, 5.41) is 0.327. The average Bonchev–Trinajstić information content (AvgIpc) is 2.42. The lowest BCUT2D eigenvalue weighted by Crippen LogP contribution is -2.06. The molecular formula is C16H14ClFO2. The molecule has 0 unspecified atom stereocenters. The molecule has 0 radical (unpaired) electrons. The maximum atomic E-state index is 13.9. The molecule has 0 aromatic heterocycles. The SMILES string of the molecule is COc1ccc(C(=O)c2cc(C)c(C)cc2Cl)c(F)c1. The van der Waals surface area contributed by atoms with Crippen LogP contribution in [0.5, 0.6) is 5.75 Å². The van der Waals surface area contributed by atoms with E-state index in [1.807, 2.05) is 13.8 Å².